The van der Waals surface area contributed by atoms with Crippen LogP contribution in [-0.4, -0.2) is 16.0 Å². The van der Waals surface area contributed by atoms with Crippen LogP contribution < -0.4 is 17.1 Å². The summed E-state index contributed by atoms with van der Waals surface area (Å²) in [7, 11) is 0. The molecule has 0 amide bonds. The lowest BCUT2D eigenvalue weighted by molar-refractivity contribution is 0.426. The molecule has 0 bridgehead atoms. The molecule has 1 aliphatic carbocycles. The first kappa shape index (κ1) is 19.1. The van der Waals surface area contributed by atoms with E-state index in [9.17, 15) is 10.2 Å². The Kier molecular flexibility index (Phi) is 6.70. The standard InChI is InChI=1S/C19H30N4O2/c1-3-4-5-8-14-11-15(24)16(13-9-6-7-12(2)10-13)18(25)17(14)19(22-20)23-21/h10-11,13,24-25H,3-9,20-21H2,1-2H3,(H,22,23). The van der Waals surface area contributed by atoms with Crippen LogP contribution in [0.4, 0.5) is 0 Å². The van der Waals surface area contributed by atoms with E-state index in [4.69, 9.17) is 11.7 Å². The highest BCUT2D eigenvalue weighted by Crippen LogP contribution is 2.43. The van der Waals surface area contributed by atoms with E-state index in [1.165, 1.54) is 5.57 Å². The van der Waals surface area contributed by atoms with E-state index < -0.39 is 0 Å². The van der Waals surface area contributed by atoms with Crippen molar-refractivity contribution in [2.75, 3.05) is 0 Å². The minimum absolute atomic E-state index is 0.0181. The molecule has 2 rings (SSSR count). The Bertz CT molecular complexity index is 668. The second-order valence-corrected chi connectivity index (χ2v) is 6.78. The largest absolute Gasteiger partial charge is 0.507 e. The number of phenols is 2. The molecule has 0 saturated heterocycles. The zero-order chi connectivity index (χ0) is 18.4. The Labute approximate surface area is 149 Å². The number of hydrogen-bond donors (Lipinski definition) is 5. The van der Waals surface area contributed by atoms with Crippen molar-refractivity contribution < 1.29 is 10.2 Å². The Balaban J connectivity index is 2.55. The Morgan fingerprint density at radius 2 is 2.12 bits per heavy atom. The lowest BCUT2D eigenvalue weighted by atomic mass is 9.83. The summed E-state index contributed by atoms with van der Waals surface area (Å²) in [6.45, 7) is 4.21. The number of unbranched alkanes of at least 4 members (excludes halogenated alkanes) is 2. The summed E-state index contributed by atoms with van der Waals surface area (Å²) in [5.41, 5.74) is 5.56. The van der Waals surface area contributed by atoms with E-state index in [2.05, 4.69) is 30.5 Å². The van der Waals surface area contributed by atoms with Gasteiger partial charge in [-0.1, -0.05) is 31.4 Å². The third-order valence-electron chi connectivity index (χ3n) is 4.89. The van der Waals surface area contributed by atoms with Crippen molar-refractivity contribution in [2.24, 2.45) is 16.8 Å². The maximum Gasteiger partial charge on any atom is 0.170 e. The summed E-state index contributed by atoms with van der Waals surface area (Å²) in [6.07, 6.45) is 8.92. The fourth-order valence-electron chi connectivity index (χ4n) is 3.63. The molecular formula is C19H30N4O2. The molecule has 6 heteroatoms. The van der Waals surface area contributed by atoms with Crippen molar-refractivity contribution >= 4 is 5.84 Å². The molecule has 0 fully saturated rings. The molecule has 1 aliphatic rings. The number of nitrogens with two attached hydrogens (primary N) is 2. The Morgan fingerprint density at radius 1 is 1.36 bits per heavy atom. The molecule has 0 spiro atoms. The molecule has 7 N–H and O–H groups in total. The molecule has 25 heavy (non-hydrogen) atoms. The van der Waals surface area contributed by atoms with Crippen molar-refractivity contribution in [3.63, 3.8) is 0 Å². The van der Waals surface area contributed by atoms with Crippen LogP contribution in [0.5, 0.6) is 11.5 Å². The molecule has 1 aromatic carbocycles. The molecule has 1 aromatic rings. The molecule has 6 nitrogen and oxygen atoms in total. The van der Waals surface area contributed by atoms with Crippen molar-refractivity contribution in [3.05, 3.63) is 34.4 Å². The van der Waals surface area contributed by atoms with Gasteiger partial charge in [0.1, 0.15) is 11.5 Å². The van der Waals surface area contributed by atoms with Gasteiger partial charge in [-0.3, -0.25) is 0 Å². The molecular weight excluding hydrogens is 316 g/mol. The predicted octanol–water partition coefficient (Wildman–Crippen LogP) is 3.13. The molecule has 0 heterocycles. The van der Waals surface area contributed by atoms with Gasteiger partial charge in [-0.05, 0) is 50.7 Å². The number of nitrogens with one attached hydrogen (secondary N) is 1. The van der Waals surface area contributed by atoms with Gasteiger partial charge < -0.3 is 21.5 Å². The number of benzene rings is 1. The molecule has 1 atom stereocenters. The minimum Gasteiger partial charge on any atom is -0.507 e. The number of nitrogens with zero attached hydrogens (tertiary/aromatic N) is 1. The maximum atomic E-state index is 11.0. The summed E-state index contributed by atoms with van der Waals surface area (Å²) in [5, 5.41) is 25.2. The predicted molar refractivity (Wildman–Crippen MR) is 101 cm³/mol. The number of hydrazine groups is 1. The first-order valence-electron chi connectivity index (χ1n) is 9.03. The molecule has 0 aromatic heterocycles. The number of aryl methyl sites for hydroxylation is 1. The smallest absolute Gasteiger partial charge is 0.170 e. The van der Waals surface area contributed by atoms with Crippen molar-refractivity contribution in [1.29, 1.82) is 0 Å². The number of phenolic OH excluding ortho intramolecular Hbond substituents is 2. The number of hydrogen-bond acceptors (Lipinski definition) is 5. The molecule has 0 radical (unpaired) electrons. The molecule has 138 valence electrons. The first-order valence-corrected chi connectivity index (χ1v) is 9.03. The summed E-state index contributed by atoms with van der Waals surface area (Å²) < 4.78 is 0. The van der Waals surface area contributed by atoms with Crippen LogP contribution in [-0.2, 0) is 6.42 Å². The van der Waals surface area contributed by atoms with E-state index in [-0.39, 0.29) is 23.3 Å². The van der Waals surface area contributed by atoms with Gasteiger partial charge in [-0.2, -0.15) is 5.10 Å². The number of rotatable bonds is 6. The van der Waals surface area contributed by atoms with Crippen molar-refractivity contribution in [3.8, 4) is 11.5 Å². The topological polar surface area (TPSA) is 117 Å². The summed E-state index contributed by atoms with van der Waals surface area (Å²) in [6, 6.07) is 1.72. The third-order valence-corrected chi connectivity index (χ3v) is 4.89. The first-order chi connectivity index (χ1) is 12.0. The van der Waals surface area contributed by atoms with Gasteiger partial charge in [0.2, 0.25) is 0 Å². The maximum absolute atomic E-state index is 11.0. The van der Waals surface area contributed by atoms with Gasteiger partial charge in [-0.15, -0.1) is 0 Å². The highest BCUT2D eigenvalue weighted by Gasteiger charge is 2.26. The van der Waals surface area contributed by atoms with E-state index in [1.54, 1.807) is 6.07 Å². The lowest BCUT2D eigenvalue weighted by Gasteiger charge is -2.24. The van der Waals surface area contributed by atoms with Gasteiger partial charge in [-0.25, -0.2) is 5.84 Å². The van der Waals surface area contributed by atoms with Gasteiger partial charge in [0.15, 0.2) is 5.84 Å². The van der Waals surface area contributed by atoms with E-state index in [0.717, 1.165) is 44.1 Å². The third kappa shape index (κ3) is 4.25. The van der Waals surface area contributed by atoms with Gasteiger partial charge in [0, 0.05) is 11.5 Å². The average Bonchev–Trinajstić information content (AvgIpc) is 2.58. The van der Waals surface area contributed by atoms with Gasteiger partial charge in [0.25, 0.3) is 0 Å². The number of allylic oxidation sites excluding steroid dienone is 2. The number of hydrazone groups is 1. The molecule has 1 unspecified atom stereocenters. The van der Waals surface area contributed by atoms with Crippen LogP contribution in [0.15, 0.2) is 22.8 Å². The zero-order valence-corrected chi connectivity index (χ0v) is 15.2. The summed E-state index contributed by atoms with van der Waals surface area (Å²) >= 11 is 0. The average molecular weight is 346 g/mol. The van der Waals surface area contributed by atoms with E-state index in [0.29, 0.717) is 17.5 Å². The van der Waals surface area contributed by atoms with Crippen LogP contribution in [0.2, 0.25) is 0 Å². The monoisotopic (exact) mass is 346 g/mol. The lowest BCUT2D eigenvalue weighted by Crippen LogP contribution is -2.33. The highest BCUT2D eigenvalue weighted by atomic mass is 16.3. The quantitative estimate of drug-likeness (QED) is 0.135. The van der Waals surface area contributed by atoms with Crippen LogP contribution in [0.25, 0.3) is 0 Å². The summed E-state index contributed by atoms with van der Waals surface area (Å²) in [5.74, 6) is 11.4. The fourth-order valence-corrected chi connectivity index (χ4v) is 3.63. The van der Waals surface area contributed by atoms with Crippen LogP contribution >= 0.6 is 0 Å². The fraction of sp³-hybridized carbons (Fsp3) is 0.526. The van der Waals surface area contributed by atoms with Gasteiger partial charge in [0.05, 0.1) is 5.56 Å². The second kappa shape index (κ2) is 8.76. The van der Waals surface area contributed by atoms with Crippen LogP contribution in [0.3, 0.4) is 0 Å². The SMILES string of the molecule is CCCCCc1cc(O)c(C2C=C(C)CCC2)c(O)c1/C(=N/N)NN. The van der Waals surface area contributed by atoms with E-state index in [1.807, 2.05) is 0 Å². The Morgan fingerprint density at radius 3 is 2.72 bits per heavy atom. The van der Waals surface area contributed by atoms with Crippen LogP contribution in [0.1, 0.15) is 75.0 Å². The van der Waals surface area contributed by atoms with Crippen molar-refractivity contribution in [2.45, 2.75) is 64.7 Å². The zero-order valence-electron chi connectivity index (χ0n) is 15.2. The highest BCUT2D eigenvalue weighted by molar-refractivity contribution is 6.02. The molecule has 0 saturated carbocycles. The van der Waals surface area contributed by atoms with Crippen LogP contribution in [0, 0.1) is 0 Å². The van der Waals surface area contributed by atoms with E-state index >= 15 is 0 Å². The second-order valence-electron chi connectivity index (χ2n) is 6.78. The number of aromatic hydroxyl groups is 2. The molecule has 0 aliphatic heterocycles. The summed E-state index contributed by atoms with van der Waals surface area (Å²) in [4.78, 5) is 0. The van der Waals surface area contributed by atoms with Gasteiger partial charge >= 0.3 is 0 Å². The Hall–Kier alpha value is -2.21. The van der Waals surface area contributed by atoms with Crippen molar-refractivity contribution in [1.82, 2.24) is 5.43 Å². The normalized spacial score (nSPS) is 18.1. The minimum atomic E-state index is -0.0195. The number of amidine groups is 1.